The number of nitrogens with one attached hydrogen (secondary N) is 1. The second-order valence-corrected chi connectivity index (χ2v) is 9.03. The minimum absolute atomic E-state index is 0.0297. The van der Waals surface area contributed by atoms with Gasteiger partial charge in [0.25, 0.3) is 16.8 Å². The van der Waals surface area contributed by atoms with Gasteiger partial charge in [-0.05, 0) is 60.2 Å². The van der Waals surface area contributed by atoms with Gasteiger partial charge in [-0.1, -0.05) is 36.4 Å². The second-order valence-electron chi connectivity index (χ2n) is 8.04. The van der Waals surface area contributed by atoms with E-state index < -0.39 is 28.5 Å². The first-order valence-corrected chi connectivity index (χ1v) is 12.4. The van der Waals surface area contributed by atoms with Crippen LogP contribution in [0.5, 0.6) is 11.5 Å². The molecule has 38 heavy (non-hydrogen) atoms. The molecular weight excluding hydrogens is 510 g/mol. The van der Waals surface area contributed by atoms with E-state index in [0.29, 0.717) is 34.9 Å². The lowest BCUT2D eigenvalue weighted by Crippen LogP contribution is -2.36. The van der Waals surface area contributed by atoms with E-state index in [4.69, 9.17) is 9.47 Å². The van der Waals surface area contributed by atoms with Crippen LogP contribution in [0.3, 0.4) is 0 Å². The average molecular weight is 534 g/mol. The maximum Gasteiger partial charge on any atom is 0.294 e. The van der Waals surface area contributed by atoms with Gasteiger partial charge in [0.1, 0.15) is 13.2 Å². The molecule has 0 aromatic heterocycles. The Morgan fingerprint density at radius 3 is 2.55 bits per heavy atom. The highest BCUT2D eigenvalue weighted by molar-refractivity contribution is 8.18. The molecule has 3 aromatic carbocycles. The molecule has 1 saturated heterocycles. The third-order valence-electron chi connectivity index (χ3n) is 5.31. The first kappa shape index (κ1) is 26.4. The highest BCUT2D eigenvalue weighted by Crippen LogP contribution is 2.35. The zero-order chi connectivity index (χ0) is 27.1. The zero-order valence-corrected chi connectivity index (χ0v) is 21.1. The highest BCUT2D eigenvalue weighted by Gasteiger charge is 2.36. The largest absolute Gasteiger partial charge is 0.490 e. The molecule has 4 rings (SSSR count). The molecule has 0 atom stereocenters. The SMILES string of the molecule is CCOc1cc(/C=C2/SC(=O)N(CC(=O)Nc3ccccc3)C2=O)ccc1OCc1cccc([N+](=O)[O-])c1. The first-order valence-electron chi connectivity index (χ1n) is 11.6. The minimum atomic E-state index is -0.563. The Bertz CT molecular complexity index is 1410. The van der Waals surface area contributed by atoms with Gasteiger partial charge in [-0.15, -0.1) is 0 Å². The molecular formula is C27H23N3O7S. The number of para-hydroxylation sites is 1. The van der Waals surface area contributed by atoms with Gasteiger partial charge in [-0.3, -0.25) is 29.4 Å². The molecule has 11 heteroatoms. The van der Waals surface area contributed by atoms with E-state index in [1.807, 2.05) is 13.0 Å². The monoisotopic (exact) mass is 533 g/mol. The molecule has 0 spiro atoms. The van der Waals surface area contributed by atoms with Crippen molar-refractivity contribution in [3.8, 4) is 11.5 Å². The van der Waals surface area contributed by atoms with Crippen LogP contribution < -0.4 is 14.8 Å². The number of anilines is 1. The normalized spacial score (nSPS) is 14.0. The van der Waals surface area contributed by atoms with Crippen LogP contribution >= 0.6 is 11.8 Å². The van der Waals surface area contributed by atoms with Crippen molar-refractivity contribution in [2.45, 2.75) is 13.5 Å². The summed E-state index contributed by atoms with van der Waals surface area (Å²) in [5.41, 5.74) is 1.75. The fourth-order valence-corrected chi connectivity index (χ4v) is 4.41. The van der Waals surface area contributed by atoms with E-state index >= 15 is 0 Å². The molecule has 3 amide bonds. The number of ether oxygens (including phenoxy) is 2. The van der Waals surface area contributed by atoms with Crippen molar-refractivity contribution >= 4 is 46.3 Å². The van der Waals surface area contributed by atoms with E-state index in [9.17, 15) is 24.5 Å². The Balaban J connectivity index is 1.45. The Labute approximate surface area is 222 Å². The van der Waals surface area contributed by atoms with Crippen molar-refractivity contribution in [2.75, 3.05) is 18.5 Å². The first-order chi connectivity index (χ1) is 18.3. The Morgan fingerprint density at radius 1 is 1.03 bits per heavy atom. The number of carbonyl (C=O) groups excluding carboxylic acids is 3. The van der Waals surface area contributed by atoms with E-state index in [1.54, 1.807) is 60.7 Å². The maximum absolute atomic E-state index is 12.9. The zero-order valence-electron chi connectivity index (χ0n) is 20.3. The van der Waals surface area contributed by atoms with Gasteiger partial charge in [0.15, 0.2) is 11.5 Å². The van der Waals surface area contributed by atoms with Crippen LogP contribution in [0.1, 0.15) is 18.1 Å². The number of nitrogens with zero attached hydrogens (tertiary/aromatic N) is 2. The van der Waals surface area contributed by atoms with Gasteiger partial charge in [-0.2, -0.15) is 0 Å². The fourth-order valence-electron chi connectivity index (χ4n) is 3.58. The van der Waals surface area contributed by atoms with Gasteiger partial charge < -0.3 is 14.8 Å². The summed E-state index contributed by atoms with van der Waals surface area (Å²) in [6, 6.07) is 19.9. The van der Waals surface area contributed by atoms with Crippen LogP contribution in [-0.2, 0) is 16.2 Å². The number of carbonyl (C=O) groups is 3. The number of rotatable bonds is 10. The molecule has 10 nitrogen and oxygen atoms in total. The quantitative estimate of drug-likeness (QED) is 0.213. The predicted molar refractivity (Wildman–Crippen MR) is 143 cm³/mol. The number of nitro benzene ring substituents is 1. The lowest BCUT2D eigenvalue weighted by atomic mass is 10.1. The lowest BCUT2D eigenvalue weighted by Gasteiger charge is -2.13. The third kappa shape index (κ3) is 6.56. The second kappa shape index (κ2) is 12.1. The molecule has 1 aliphatic heterocycles. The van der Waals surface area contributed by atoms with Crippen molar-refractivity contribution in [1.29, 1.82) is 0 Å². The number of amides is 3. The molecule has 1 heterocycles. The molecule has 194 valence electrons. The van der Waals surface area contributed by atoms with Crippen molar-refractivity contribution in [1.82, 2.24) is 4.90 Å². The van der Waals surface area contributed by atoms with Crippen molar-refractivity contribution in [2.24, 2.45) is 0 Å². The summed E-state index contributed by atoms with van der Waals surface area (Å²) in [7, 11) is 0. The number of nitro groups is 1. The van der Waals surface area contributed by atoms with Crippen molar-refractivity contribution < 1.29 is 28.8 Å². The fraction of sp³-hybridized carbons (Fsp3) is 0.148. The number of hydrogen-bond acceptors (Lipinski definition) is 8. The average Bonchev–Trinajstić information content (AvgIpc) is 3.16. The van der Waals surface area contributed by atoms with Crippen LogP contribution in [0.15, 0.2) is 77.7 Å². The molecule has 0 unspecified atom stereocenters. The van der Waals surface area contributed by atoms with E-state index in [0.717, 1.165) is 16.7 Å². The van der Waals surface area contributed by atoms with Crippen LogP contribution in [0, 0.1) is 10.1 Å². The number of hydrogen-bond donors (Lipinski definition) is 1. The number of benzene rings is 3. The van der Waals surface area contributed by atoms with Crippen molar-refractivity contribution in [3.63, 3.8) is 0 Å². The summed E-state index contributed by atoms with van der Waals surface area (Å²) < 4.78 is 11.5. The van der Waals surface area contributed by atoms with Gasteiger partial charge in [0, 0.05) is 17.8 Å². The van der Waals surface area contributed by atoms with E-state index in [-0.39, 0.29) is 17.2 Å². The summed E-state index contributed by atoms with van der Waals surface area (Å²) in [5, 5.41) is 13.1. The van der Waals surface area contributed by atoms with E-state index in [2.05, 4.69) is 5.32 Å². The van der Waals surface area contributed by atoms with Crippen LogP contribution in [-0.4, -0.2) is 40.0 Å². The van der Waals surface area contributed by atoms with Crippen LogP contribution in [0.25, 0.3) is 6.08 Å². The molecule has 0 saturated carbocycles. The number of thioether (sulfide) groups is 1. The lowest BCUT2D eigenvalue weighted by molar-refractivity contribution is -0.384. The molecule has 0 bridgehead atoms. The molecule has 3 aromatic rings. The molecule has 1 fully saturated rings. The highest BCUT2D eigenvalue weighted by atomic mass is 32.2. The molecule has 0 radical (unpaired) electrons. The summed E-state index contributed by atoms with van der Waals surface area (Å²) >= 11 is 0.751. The van der Waals surface area contributed by atoms with Gasteiger partial charge in [-0.25, -0.2) is 0 Å². The van der Waals surface area contributed by atoms with Crippen LogP contribution in [0.2, 0.25) is 0 Å². The van der Waals surface area contributed by atoms with Gasteiger partial charge >= 0.3 is 0 Å². The summed E-state index contributed by atoms with van der Waals surface area (Å²) in [5.74, 6) is -0.217. The number of non-ortho nitro benzene ring substituents is 1. The molecule has 0 aliphatic carbocycles. The smallest absolute Gasteiger partial charge is 0.294 e. The Kier molecular flexibility index (Phi) is 8.39. The predicted octanol–water partition coefficient (Wildman–Crippen LogP) is 5.25. The van der Waals surface area contributed by atoms with Gasteiger partial charge in [0.05, 0.1) is 16.4 Å². The van der Waals surface area contributed by atoms with Gasteiger partial charge in [0.2, 0.25) is 5.91 Å². The molecule has 1 aliphatic rings. The summed E-state index contributed by atoms with van der Waals surface area (Å²) in [6.07, 6.45) is 1.55. The minimum Gasteiger partial charge on any atom is -0.490 e. The van der Waals surface area contributed by atoms with Crippen molar-refractivity contribution in [3.05, 3.63) is 98.9 Å². The standard InChI is InChI=1S/C27H23N3O7S/c1-2-36-23-14-18(11-12-22(23)37-17-19-7-6-10-21(13-19)30(34)35)15-24-26(32)29(27(33)38-24)16-25(31)28-20-8-4-3-5-9-20/h3-15H,2,16-17H2,1H3,(H,28,31)/b24-15+. The topological polar surface area (TPSA) is 128 Å². The molecule has 1 N–H and O–H groups in total. The summed E-state index contributed by atoms with van der Waals surface area (Å²) in [6.45, 7) is 1.85. The third-order valence-corrected chi connectivity index (χ3v) is 6.22. The Morgan fingerprint density at radius 2 is 1.82 bits per heavy atom. The Hall–Kier alpha value is -4.64. The van der Waals surface area contributed by atoms with Crippen LogP contribution in [0.4, 0.5) is 16.2 Å². The summed E-state index contributed by atoms with van der Waals surface area (Å²) in [4.78, 5) is 49.3. The van der Waals surface area contributed by atoms with E-state index in [1.165, 1.54) is 12.1 Å². The maximum atomic E-state index is 12.9. The number of imide groups is 1.